The quantitative estimate of drug-likeness (QED) is 0.315. The molecule has 1 N–H and O–H groups in total. The van der Waals surface area contributed by atoms with E-state index in [0.29, 0.717) is 47.7 Å². The molecule has 2 aromatic heterocycles. The number of pyridine rings is 2. The molecule has 6 rings (SSSR count). The van der Waals surface area contributed by atoms with Crippen molar-refractivity contribution in [2.45, 2.75) is 37.8 Å². The number of piperidine rings is 1. The Morgan fingerprint density at radius 1 is 1.03 bits per heavy atom. The maximum atomic E-state index is 14.2. The fourth-order valence-electron chi connectivity index (χ4n) is 5.20. The zero-order valence-corrected chi connectivity index (χ0v) is 22.4. The molecule has 2 fully saturated rings. The highest BCUT2D eigenvalue weighted by Crippen LogP contribution is 2.37. The van der Waals surface area contributed by atoms with Crippen LogP contribution in [-0.4, -0.2) is 51.8 Å². The average molecular weight is 567 g/mol. The van der Waals surface area contributed by atoms with Gasteiger partial charge in [-0.05, 0) is 62.1 Å². The molecule has 1 amide bonds. The highest BCUT2D eigenvalue weighted by atomic mass is 35.5. The number of Topliss-reactive ketones (excluding diaryl/α,β-unsaturated/α-hetero) is 1. The van der Waals surface area contributed by atoms with Crippen LogP contribution in [0.25, 0.3) is 21.8 Å². The Hall–Kier alpha value is -3.33. The number of likely N-dealkylation sites (tertiary alicyclic amines) is 1. The van der Waals surface area contributed by atoms with E-state index in [0.717, 1.165) is 24.3 Å². The first-order chi connectivity index (χ1) is 18.8. The molecule has 1 aliphatic carbocycles. The summed E-state index contributed by atoms with van der Waals surface area (Å²) in [6, 6.07) is 11.5. The van der Waals surface area contributed by atoms with Crippen molar-refractivity contribution >= 4 is 56.7 Å². The van der Waals surface area contributed by atoms with Crippen LogP contribution < -0.4 is 10.7 Å². The SMILES string of the molecule is O=C(CN1CCC(NC(=O)c2cn(C3CC3)c3cc(Cl)c(F)cc3c2=O)CC1)c1ccc2cc(Cl)ccc2n1. The zero-order chi connectivity index (χ0) is 27.3. The molecule has 1 saturated carbocycles. The maximum absolute atomic E-state index is 14.2. The largest absolute Gasteiger partial charge is 0.349 e. The third kappa shape index (κ3) is 5.29. The number of aromatic nitrogens is 2. The highest BCUT2D eigenvalue weighted by molar-refractivity contribution is 6.31. The first-order valence-electron chi connectivity index (χ1n) is 12.9. The minimum Gasteiger partial charge on any atom is -0.349 e. The number of nitrogens with zero attached hydrogens (tertiary/aromatic N) is 3. The van der Waals surface area contributed by atoms with E-state index < -0.39 is 17.2 Å². The first-order valence-corrected chi connectivity index (χ1v) is 13.7. The van der Waals surface area contributed by atoms with Gasteiger partial charge in [0.15, 0.2) is 5.78 Å². The molecular formula is C29H25Cl2FN4O3. The summed E-state index contributed by atoms with van der Waals surface area (Å²) in [5.41, 5.74) is 1.14. The molecule has 2 aromatic carbocycles. The van der Waals surface area contributed by atoms with Gasteiger partial charge in [0.1, 0.15) is 17.1 Å². The number of halogens is 3. The Kier molecular flexibility index (Phi) is 6.87. The van der Waals surface area contributed by atoms with E-state index in [1.165, 1.54) is 6.07 Å². The second-order valence-electron chi connectivity index (χ2n) is 10.3. The van der Waals surface area contributed by atoms with Gasteiger partial charge in [-0.2, -0.15) is 0 Å². The van der Waals surface area contributed by atoms with Crippen LogP contribution in [0.3, 0.4) is 0 Å². The lowest BCUT2D eigenvalue weighted by atomic mass is 10.0. The Labute approximate surface area is 233 Å². The molecule has 0 bridgehead atoms. The maximum Gasteiger partial charge on any atom is 0.256 e. The molecule has 4 aromatic rings. The van der Waals surface area contributed by atoms with Crippen LogP contribution in [0.15, 0.2) is 53.5 Å². The van der Waals surface area contributed by atoms with Crippen molar-refractivity contribution < 1.29 is 14.0 Å². The summed E-state index contributed by atoms with van der Waals surface area (Å²) in [5, 5.41) is 4.56. The van der Waals surface area contributed by atoms with Gasteiger partial charge in [0.05, 0.1) is 22.6 Å². The summed E-state index contributed by atoms with van der Waals surface area (Å²) in [6.45, 7) is 1.47. The summed E-state index contributed by atoms with van der Waals surface area (Å²) in [5.74, 6) is -1.23. The van der Waals surface area contributed by atoms with E-state index >= 15 is 0 Å². The monoisotopic (exact) mass is 566 g/mol. The Morgan fingerprint density at radius 2 is 1.79 bits per heavy atom. The van der Waals surface area contributed by atoms with Gasteiger partial charge in [-0.1, -0.05) is 29.3 Å². The summed E-state index contributed by atoms with van der Waals surface area (Å²) < 4.78 is 16.0. The first kappa shape index (κ1) is 25.9. The van der Waals surface area contributed by atoms with E-state index in [1.807, 2.05) is 21.6 Å². The average Bonchev–Trinajstić information content (AvgIpc) is 3.76. The zero-order valence-electron chi connectivity index (χ0n) is 20.9. The second kappa shape index (κ2) is 10.3. The fourth-order valence-corrected chi connectivity index (χ4v) is 5.53. The van der Waals surface area contributed by atoms with Gasteiger partial charge in [-0.15, -0.1) is 0 Å². The number of carbonyl (C=O) groups excluding carboxylic acids is 2. The molecule has 2 aliphatic rings. The third-order valence-electron chi connectivity index (χ3n) is 7.49. The smallest absolute Gasteiger partial charge is 0.256 e. The Morgan fingerprint density at radius 3 is 2.54 bits per heavy atom. The van der Waals surface area contributed by atoms with Crippen LogP contribution in [-0.2, 0) is 0 Å². The molecule has 0 spiro atoms. The van der Waals surface area contributed by atoms with Crippen molar-refractivity contribution in [2.75, 3.05) is 19.6 Å². The molecule has 0 unspecified atom stereocenters. The van der Waals surface area contributed by atoms with Crippen LogP contribution in [0.4, 0.5) is 4.39 Å². The van der Waals surface area contributed by atoms with Crippen molar-refractivity contribution in [2.24, 2.45) is 0 Å². The van der Waals surface area contributed by atoms with Crippen LogP contribution in [0, 0.1) is 5.82 Å². The van der Waals surface area contributed by atoms with Crippen LogP contribution >= 0.6 is 23.2 Å². The van der Waals surface area contributed by atoms with Crippen LogP contribution in [0.5, 0.6) is 0 Å². The van der Waals surface area contributed by atoms with E-state index in [1.54, 1.807) is 24.4 Å². The van der Waals surface area contributed by atoms with Gasteiger partial charge in [0.25, 0.3) is 5.91 Å². The van der Waals surface area contributed by atoms with Gasteiger partial charge >= 0.3 is 0 Å². The van der Waals surface area contributed by atoms with Gasteiger partial charge in [0, 0.05) is 47.2 Å². The normalized spacial score (nSPS) is 16.6. The van der Waals surface area contributed by atoms with Gasteiger partial charge in [0.2, 0.25) is 5.43 Å². The molecule has 0 radical (unpaired) electrons. The van der Waals surface area contributed by atoms with E-state index in [9.17, 15) is 18.8 Å². The van der Waals surface area contributed by atoms with Gasteiger partial charge in [-0.25, -0.2) is 9.37 Å². The summed E-state index contributed by atoms with van der Waals surface area (Å²) in [7, 11) is 0. The predicted molar refractivity (Wildman–Crippen MR) is 149 cm³/mol. The van der Waals surface area contributed by atoms with Crippen LogP contribution in [0.1, 0.15) is 52.6 Å². The number of nitrogens with one attached hydrogen (secondary N) is 1. The molecule has 7 nitrogen and oxygen atoms in total. The number of benzene rings is 2. The molecule has 0 atom stereocenters. The lowest BCUT2D eigenvalue weighted by Gasteiger charge is -2.31. The standard InChI is InChI=1S/C29H25Cl2FN4O3/c30-17-2-6-24-16(11-17)1-5-25(34-24)27(37)15-35-9-7-18(8-10-35)33-29(39)21-14-36(19-3-4-19)26-13-22(31)23(32)12-20(26)28(21)38/h1-2,5-6,11-14,18-19H,3-4,7-10,15H2,(H,33,39). The number of ketones is 1. The number of amides is 1. The summed E-state index contributed by atoms with van der Waals surface area (Å²) in [4.78, 5) is 45.7. The number of rotatable bonds is 6. The molecule has 39 heavy (non-hydrogen) atoms. The minimum absolute atomic E-state index is 0.00241. The Balaban J connectivity index is 1.11. The molecule has 1 saturated heterocycles. The minimum atomic E-state index is -0.689. The highest BCUT2D eigenvalue weighted by Gasteiger charge is 2.29. The number of fused-ring (bicyclic) bond motifs is 2. The second-order valence-corrected chi connectivity index (χ2v) is 11.1. The van der Waals surface area contributed by atoms with Crippen molar-refractivity contribution in [3.05, 3.63) is 86.0 Å². The lowest BCUT2D eigenvalue weighted by molar-refractivity contribution is 0.0855. The number of carbonyl (C=O) groups is 2. The predicted octanol–water partition coefficient (Wildman–Crippen LogP) is 5.41. The van der Waals surface area contributed by atoms with Crippen molar-refractivity contribution in [3.8, 4) is 0 Å². The van der Waals surface area contributed by atoms with E-state index in [-0.39, 0.29) is 40.4 Å². The summed E-state index contributed by atoms with van der Waals surface area (Å²) >= 11 is 12.0. The van der Waals surface area contributed by atoms with Crippen molar-refractivity contribution in [3.63, 3.8) is 0 Å². The van der Waals surface area contributed by atoms with E-state index in [4.69, 9.17) is 23.2 Å². The Bertz CT molecular complexity index is 1690. The third-order valence-corrected chi connectivity index (χ3v) is 8.01. The molecule has 200 valence electrons. The number of hydrogen-bond donors (Lipinski definition) is 1. The van der Waals surface area contributed by atoms with Crippen molar-refractivity contribution in [1.29, 1.82) is 0 Å². The topological polar surface area (TPSA) is 84.3 Å². The molecule has 3 heterocycles. The lowest BCUT2D eigenvalue weighted by Crippen LogP contribution is -2.46. The molecule has 10 heteroatoms. The van der Waals surface area contributed by atoms with Gasteiger partial charge < -0.3 is 9.88 Å². The van der Waals surface area contributed by atoms with E-state index in [2.05, 4.69) is 10.3 Å². The number of hydrogen-bond acceptors (Lipinski definition) is 5. The summed E-state index contributed by atoms with van der Waals surface area (Å²) in [6.07, 6.45) is 4.70. The molecule has 1 aliphatic heterocycles. The molecular weight excluding hydrogens is 542 g/mol. The van der Waals surface area contributed by atoms with Crippen LogP contribution in [0.2, 0.25) is 10.0 Å². The fraction of sp³-hybridized carbons (Fsp3) is 0.310. The van der Waals surface area contributed by atoms with Gasteiger partial charge in [-0.3, -0.25) is 19.3 Å². The van der Waals surface area contributed by atoms with Crippen molar-refractivity contribution in [1.82, 2.24) is 19.8 Å².